The van der Waals surface area contributed by atoms with E-state index in [0.717, 1.165) is 18.8 Å². The lowest BCUT2D eigenvalue weighted by molar-refractivity contribution is 0.0205. The summed E-state index contributed by atoms with van der Waals surface area (Å²) in [5, 5.41) is 3.33. The third-order valence-corrected chi connectivity index (χ3v) is 2.70. The van der Waals surface area contributed by atoms with Crippen molar-refractivity contribution in [1.29, 1.82) is 0 Å². The van der Waals surface area contributed by atoms with Gasteiger partial charge in [0.2, 0.25) is 0 Å². The molecule has 0 aromatic heterocycles. The lowest BCUT2D eigenvalue weighted by atomic mass is 10.1. The lowest BCUT2D eigenvalue weighted by Gasteiger charge is -2.23. The number of piperidine rings is 1. The van der Waals surface area contributed by atoms with Crippen LogP contribution in [-0.2, 0) is 4.74 Å². The Kier molecular flexibility index (Phi) is 4.65. The fourth-order valence-corrected chi connectivity index (χ4v) is 1.85. The molecular weight excluding hydrogens is 202 g/mol. The largest absolute Gasteiger partial charge is 0.491 e. The highest BCUT2D eigenvalue weighted by atomic mass is 16.5. The van der Waals surface area contributed by atoms with E-state index < -0.39 is 0 Å². The van der Waals surface area contributed by atoms with Gasteiger partial charge in [-0.3, -0.25) is 0 Å². The van der Waals surface area contributed by atoms with Crippen LogP contribution in [0.25, 0.3) is 0 Å². The van der Waals surface area contributed by atoms with Crippen molar-refractivity contribution in [2.24, 2.45) is 0 Å². The van der Waals surface area contributed by atoms with Crippen molar-refractivity contribution >= 4 is 0 Å². The Morgan fingerprint density at radius 2 is 2.06 bits per heavy atom. The summed E-state index contributed by atoms with van der Waals surface area (Å²) < 4.78 is 11.3. The van der Waals surface area contributed by atoms with Crippen LogP contribution < -0.4 is 10.1 Å². The first-order valence-corrected chi connectivity index (χ1v) is 5.95. The summed E-state index contributed by atoms with van der Waals surface area (Å²) in [6.07, 6.45) is 2.75. The Morgan fingerprint density at radius 3 is 2.81 bits per heavy atom. The van der Waals surface area contributed by atoms with E-state index in [1.54, 1.807) is 0 Å². The molecule has 1 atom stereocenters. The molecular formula is C13H19NO2. The predicted molar refractivity (Wildman–Crippen MR) is 63.8 cm³/mol. The standard InChI is InChI=1S/C13H19NO2/c1-2-5-12(6-3-1)15-9-10-16-13-7-4-8-14-11-13/h1-3,5-6,13-14H,4,7-11H2. The van der Waals surface area contributed by atoms with Crippen LogP contribution in [0.2, 0.25) is 0 Å². The molecule has 1 aromatic carbocycles. The molecule has 0 radical (unpaired) electrons. The summed E-state index contributed by atoms with van der Waals surface area (Å²) >= 11 is 0. The Bertz CT molecular complexity index is 283. The number of hydrogen-bond donors (Lipinski definition) is 1. The number of benzene rings is 1. The molecule has 1 fully saturated rings. The first kappa shape index (κ1) is 11.4. The van der Waals surface area contributed by atoms with E-state index in [4.69, 9.17) is 9.47 Å². The van der Waals surface area contributed by atoms with Crippen molar-refractivity contribution in [3.63, 3.8) is 0 Å². The van der Waals surface area contributed by atoms with Crippen molar-refractivity contribution < 1.29 is 9.47 Å². The minimum atomic E-state index is 0.369. The second-order valence-electron chi connectivity index (χ2n) is 4.00. The smallest absolute Gasteiger partial charge is 0.119 e. The summed E-state index contributed by atoms with van der Waals surface area (Å²) in [6.45, 7) is 3.40. The molecule has 1 aromatic rings. The molecule has 1 aliphatic heterocycles. The van der Waals surface area contributed by atoms with Gasteiger partial charge in [0.25, 0.3) is 0 Å². The van der Waals surface area contributed by atoms with Gasteiger partial charge in [-0.05, 0) is 31.5 Å². The van der Waals surface area contributed by atoms with Gasteiger partial charge in [0.15, 0.2) is 0 Å². The Balaban J connectivity index is 1.58. The molecule has 0 amide bonds. The molecule has 16 heavy (non-hydrogen) atoms. The lowest BCUT2D eigenvalue weighted by Crippen LogP contribution is -2.36. The van der Waals surface area contributed by atoms with Gasteiger partial charge in [0, 0.05) is 6.54 Å². The summed E-state index contributed by atoms with van der Waals surface area (Å²) in [4.78, 5) is 0. The number of hydrogen-bond acceptors (Lipinski definition) is 3. The Labute approximate surface area is 96.8 Å². The van der Waals surface area contributed by atoms with Gasteiger partial charge in [-0.1, -0.05) is 18.2 Å². The maximum absolute atomic E-state index is 5.72. The van der Waals surface area contributed by atoms with Crippen molar-refractivity contribution in [3.8, 4) is 5.75 Å². The van der Waals surface area contributed by atoms with Crippen LogP contribution >= 0.6 is 0 Å². The summed E-state index contributed by atoms with van der Waals surface area (Å²) in [7, 11) is 0. The van der Waals surface area contributed by atoms with E-state index in [1.807, 2.05) is 30.3 Å². The van der Waals surface area contributed by atoms with Crippen LogP contribution in [-0.4, -0.2) is 32.4 Å². The zero-order valence-electron chi connectivity index (χ0n) is 9.52. The fourth-order valence-electron chi connectivity index (χ4n) is 1.85. The quantitative estimate of drug-likeness (QED) is 0.769. The van der Waals surface area contributed by atoms with Crippen LogP contribution in [0.3, 0.4) is 0 Å². The van der Waals surface area contributed by atoms with Crippen LogP contribution in [0.1, 0.15) is 12.8 Å². The Morgan fingerprint density at radius 1 is 1.19 bits per heavy atom. The molecule has 1 N–H and O–H groups in total. The first-order valence-electron chi connectivity index (χ1n) is 5.95. The highest BCUT2D eigenvalue weighted by Crippen LogP contribution is 2.09. The highest BCUT2D eigenvalue weighted by molar-refractivity contribution is 5.20. The zero-order chi connectivity index (χ0) is 11.1. The zero-order valence-corrected chi connectivity index (χ0v) is 9.52. The first-order chi connectivity index (χ1) is 7.95. The molecule has 3 nitrogen and oxygen atoms in total. The second kappa shape index (κ2) is 6.51. The van der Waals surface area contributed by atoms with Crippen LogP contribution in [0.15, 0.2) is 30.3 Å². The van der Waals surface area contributed by atoms with E-state index >= 15 is 0 Å². The maximum Gasteiger partial charge on any atom is 0.119 e. The molecule has 88 valence electrons. The van der Waals surface area contributed by atoms with Gasteiger partial charge in [0.05, 0.1) is 12.7 Å². The van der Waals surface area contributed by atoms with Crippen molar-refractivity contribution in [2.45, 2.75) is 18.9 Å². The molecule has 1 saturated heterocycles. The minimum Gasteiger partial charge on any atom is -0.491 e. The SMILES string of the molecule is c1ccc(OCCOC2CCCNC2)cc1. The van der Waals surface area contributed by atoms with Gasteiger partial charge >= 0.3 is 0 Å². The molecule has 3 heteroatoms. The van der Waals surface area contributed by atoms with E-state index in [-0.39, 0.29) is 0 Å². The van der Waals surface area contributed by atoms with Crippen molar-refractivity contribution in [2.75, 3.05) is 26.3 Å². The minimum absolute atomic E-state index is 0.369. The third kappa shape index (κ3) is 3.83. The number of nitrogens with one attached hydrogen (secondary N) is 1. The second-order valence-corrected chi connectivity index (χ2v) is 4.00. The van der Waals surface area contributed by atoms with Gasteiger partial charge in [-0.25, -0.2) is 0 Å². The fraction of sp³-hybridized carbons (Fsp3) is 0.538. The number of para-hydroxylation sites is 1. The van der Waals surface area contributed by atoms with Gasteiger partial charge in [-0.2, -0.15) is 0 Å². The molecule has 1 aliphatic rings. The average molecular weight is 221 g/mol. The van der Waals surface area contributed by atoms with Crippen molar-refractivity contribution in [1.82, 2.24) is 5.32 Å². The summed E-state index contributed by atoms with van der Waals surface area (Å²) in [5.41, 5.74) is 0. The predicted octanol–water partition coefficient (Wildman–Crippen LogP) is 1.83. The van der Waals surface area contributed by atoms with E-state index in [2.05, 4.69) is 5.32 Å². The number of ether oxygens (including phenoxy) is 2. The maximum atomic E-state index is 5.72. The molecule has 0 aliphatic carbocycles. The average Bonchev–Trinajstić information content (AvgIpc) is 2.37. The normalized spacial score (nSPS) is 20.6. The molecule has 1 unspecified atom stereocenters. The Hall–Kier alpha value is -1.06. The molecule has 0 spiro atoms. The molecule has 1 heterocycles. The highest BCUT2D eigenvalue weighted by Gasteiger charge is 2.12. The third-order valence-electron chi connectivity index (χ3n) is 2.70. The van der Waals surface area contributed by atoms with Crippen molar-refractivity contribution in [3.05, 3.63) is 30.3 Å². The monoisotopic (exact) mass is 221 g/mol. The van der Waals surface area contributed by atoms with E-state index in [1.165, 1.54) is 12.8 Å². The number of rotatable bonds is 5. The van der Waals surface area contributed by atoms with Crippen LogP contribution in [0.4, 0.5) is 0 Å². The summed E-state index contributed by atoms with van der Waals surface area (Å²) in [5.74, 6) is 0.910. The summed E-state index contributed by atoms with van der Waals surface area (Å²) in [6, 6.07) is 9.85. The molecule has 0 saturated carbocycles. The molecule has 0 bridgehead atoms. The van der Waals surface area contributed by atoms with Crippen LogP contribution in [0.5, 0.6) is 5.75 Å². The van der Waals surface area contributed by atoms with Gasteiger partial charge in [-0.15, -0.1) is 0 Å². The molecule has 2 rings (SSSR count). The topological polar surface area (TPSA) is 30.5 Å². The van der Waals surface area contributed by atoms with E-state index in [9.17, 15) is 0 Å². The van der Waals surface area contributed by atoms with E-state index in [0.29, 0.717) is 19.3 Å². The van der Waals surface area contributed by atoms with Gasteiger partial charge in [0.1, 0.15) is 12.4 Å². The van der Waals surface area contributed by atoms with Crippen LogP contribution in [0, 0.1) is 0 Å². The van der Waals surface area contributed by atoms with Gasteiger partial charge < -0.3 is 14.8 Å².